The molecule has 0 aliphatic carbocycles. The molecule has 0 fully saturated rings. The second kappa shape index (κ2) is 5.80. The average Bonchev–Trinajstić information content (AvgIpc) is 2.16. The molecule has 16 heavy (non-hydrogen) atoms. The van der Waals surface area contributed by atoms with Crippen molar-refractivity contribution in [3.8, 4) is 5.75 Å². The van der Waals surface area contributed by atoms with E-state index in [1.54, 1.807) is 7.11 Å². The van der Waals surface area contributed by atoms with Gasteiger partial charge in [-0.15, -0.1) is 0 Å². The summed E-state index contributed by atoms with van der Waals surface area (Å²) >= 11 is 0. The van der Waals surface area contributed by atoms with E-state index in [1.807, 2.05) is 13.8 Å². The lowest BCUT2D eigenvalue weighted by atomic mass is 10.0. The Labute approximate surface area is 94.2 Å². The summed E-state index contributed by atoms with van der Waals surface area (Å²) in [7, 11) is 1.54. The second-order valence-corrected chi connectivity index (χ2v) is 3.80. The van der Waals surface area contributed by atoms with Gasteiger partial charge >= 0.3 is 0 Å². The minimum atomic E-state index is -0.630. The maximum absolute atomic E-state index is 13.5. The molecular formula is C12H16F2O2. The molecule has 90 valence electrons. The zero-order valence-electron chi connectivity index (χ0n) is 9.72. The topological polar surface area (TPSA) is 18.5 Å². The third kappa shape index (κ3) is 3.17. The van der Waals surface area contributed by atoms with Crippen LogP contribution in [0, 0.1) is 11.6 Å². The first-order valence-corrected chi connectivity index (χ1v) is 5.17. The van der Waals surface area contributed by atoms with Crippen molar-refractivity contribution in [2.75, 3.05) is 20.3 Å². The van der Waals surface area contributed by atoms with Gasteiger partial charge in [0.15, 0.2) is 0 Å². The van der Waals surface area contributed by atoms with Gasteiger partial charge in [0, 0.05) is 24.8 Å². The number of rotatable bonds is 5. The monoisotopic (exact) mass is 230 g/mol. The van der Waals surface area contributed by atoms with Crippen molar-refractivity contribution in [1.29, 1.82) is 0 Å². The maximum Gasteiger partial charge on any atom is 0.133 e. The number of methoxy groups -OCH3 is 1. The van der Waals surface area contributed by atoms with Crippen LogP contribution in [-0.2, 0) is 4.74 Å². The molecule has 0 saturated heterocycles. The number of hydrogen-bond donors (Lipinski definition) is 0. The predicted octanol–water partition coefficient (Wildman–Crippen LogP) is 3.11. The summed E-state index contributed by atoms with van der Waals surface area (Å²) < 4.78 is 36.7. The number of ether oxygens (including phenoxy) is 2. The molecule has 1 rings (SSSR count). The average molecular weight is 230 g/mol. The molecular weight excluding hydrogens is 214 g/mol. The van der Waals surface area contributed by atoms with Crippen LogP contribution in [0.3, 0.4) is 0 Å². The summed E-state index contributed by atoms with van der Waals surface area (Å²) in [6, 6.07) is 2.08. The van der Waals surface area contributed by atoms with Crippen molar-refractivity contribution in [2.24, 2.45) is 0 Å². The molecule has 0 bridgehead atoms. The lowest BCUT2D eigenvalue weighted by molar-refractivity contribution is 0.145. The van der Waals surface area contributed by atoms with Crippen LogP contribution in [0.5, 0.6) is 5.75 Å². The number of halogens is 2. The van der Waals surface area contributed by atoms with Gasteiger partial charge in [-0.2, -0.15) is 0 Å². The molecule has 1 aromatic rings. The van der Waals surface area contributed by atoms with E-state index in [-0.39, 0.29) is 18.3 Å². The van der Waals surface area contributed by atoms with Crippen LogP contribution in [0.15, 0.2) is 12.1 Å². The fourth-order valence-electron chi connectivity index (χ4n) is 1.48. The van der Waals surface area contributed by atoms with E-state index in [2.05, 4.69) is 0 Å². The molecule has 0 aromatic heterocycles. The molecule has 4 heteroatoms. The van der Waals surface area contributed by atoms with Gasteiger partial charge in [-0.25, -0.2) is 8.78 Å². The molecule has 0 radical (unpaired) electrons. The van der Waals surface area contributed by atoms with Gasteiger partial charge < -0.3 is 9.47 Å². The Bertz CT molecular complexity index is 351. The van der Waals surface area contributed by atoms with Crippen molar-refractivity contribution >= 4 is 0 Å². The Balaban J connectivity index is 2.95. The van der Waals surface area contributed by atoms with Crippen molar-refractivity contribution in [2.45, 2.75) is 19.8 Å². The largest absolute Gasteiger partial charge is 0.491 e. The summed E-state index contributed by atoms with van der Waals surface area (Å²) in [5, 5.41) is 0. The lowest BCUT2D eigenvalue weighted by Gasteiger charge is -2.14. The number of hydrogen-bond acceptors (Lipinski definition) is 2. The van der Waals surface area contributed by atoms with Crippen LogP contribution in [0.2, 0.25) is 0 Å². The van der Waals surface area contributed by atoms with Gasteiger partial charge in [-0.05, 0) is 5.92 Å². The SMILES string of the molecule is COCCOc1cc(F)cc(F)c1C(C)C. The van der Waals surface area contributed by atoms with Gasteiger partial charge in [0.25, 0.3) is 0 Å². The summed E-state index contributed by atoms with van der Waals surface area (Å²) in [5.74, 6) is -1.00. The molecule has 0 unspecified atom stereocenters. The van der Waals surface area contributed by atoms with Crippen molar-refractivity contribution in [3.05, 3.63) is 29.3 Å². The summed E-state index contributed by atoms with van der Waals surface area (Å²) in [6.07, 6.45) is 0. The molecule has 0 N–H and O–H groups in total. The zero-order chi connectivity index (χ0) is 12.1. The second-order valence-electron chi connectivity index (χ2n) is 3.80. The third-order valence-electron chi connectivity index (χ3n) is 2.18. The van der Waals surface area contributed by atoms with Gasteiger partial charge in [0.1, 0.15) is 24.0 Å². The first kappa shape index (κ1) is 12.9. The minimum Gasteiger partial charge on any atom is -0.491 e. The van der Waals surface area contributed by atoms with Crippen LogP contribution in [0.1, 0.15) is 25.3 Å². The molecule has 0 spiro atoms. The lowest BCUT2D eigenvalue weighted by Crippen LogP contribution is -2.08. The number of benzene rings is 1. The Hall–Kier alpha value is -1.16. The molecule has 0 heterocycles. The highest BCUT2D eigenvalue weighted by Gasteiger charge is 2.15. The standard InChI is InChI=1S/C12H16F2O2/c1-8(2)12-10(14)6-9(13)7-11(12)16-5-4-15-3/h6-8H,4-5H2,1-3H3. The highest BCUT2D eigenvalue weighted by atomic mass is 19.1. The van der Waals surface area contributed by atoms with Gasteiger partial charge in [-0.3, -0.25) is 0 Å². The first-order chi connectivity index (χ1) is 7.56. The highest BCUT2D eigenvalue weighted by Crippen LogP contribution is 2.30. The molecule has 1 aromatic carbocycles. The summed E-state index contributed by atoms with van der Waals surface area (Å²) in [5.41, 5.74) is 0.400. The van der Waals surface area contributed by atoms with E-state index in [0.717, 1.165) is 6.07 Å². The summed E-state index contributed by atoms with van der Waals surface area (Å²) in [4.78, 5) is 0. The Kier molecular flexibility index (Phi) is 4.68. The maximum atomic E-state index is 13.5. The van der Waals surface area contributed by atoms with E-state index in [4.69, 9.17) is 9.47 Å². The molecule has 0 atom stereocenters. The van der Waals surface area contributed by atoms with Crippen molar-refractivity contribution in [3.63, 3.8) is 0 Å². The third-order valence-corrected chi connectivity index (χ3v) is 2.18. The van der Waals surface area contributed by atoms with Crippen molar-refractivity contribution < 1.29 is 18.3 Å². The molecule has 2 nitrogen and oxygen atoms in total. The van der Waals surface area contributed by atoms with E-state index in [1.165, 1.54) is 6.07 Å². The van der Waals surface area contributed by atoms with Gasteiger partial charge in [0.2, 0.25) is 0 Å². The highest BCUT2D eigenvalue weighted by molar-refractivity contribution is 5.37. The van der Waals surface area contributed by atoms with Crippen molar-refractivity contribution in [1.82, 2.24) is 0 Å². The molecule has 0 aliphatic heterocycles. The Morgan fingerprint density at radius 1 is 1.19 bits per heavy atom. The van der Waals surface area contributed by atoms with Gasteiger partial charge in [0.05, 0.1) is 6.61 Å². The minimum absolute atomic E-state index is 0.0573. The zero-order valence-corrected chi connectivity index (χ0v) is 9.72. The predicted molar refractivity (Wildman–Crippen MR) is 57.8 cm³/mol. The summed E-state index contributed by atoms with van der Waals surface area (Å²) in [6.45, 7) is 4.33. The molecule has 0 saturated carbocycles. The Morgan fingerprint density at radius 2 is 1.88 bits per heavy atom. The van der Waals surface area contributed by atoms with E-state index in [0.29, 0.717) is 12.2 Å². The van der Waals surface area contributed by atoms with Crippen LogP contribution in [0.4, 0.5) is 8.78 Å². The Morgan fingerprint density at radius 3 is 2.44 bits per heavy atom. The fourth-order valence-corrected chi connectivity index (χ4v) is 1.48. The van der Waals surface area contributed by atoms with E-state index >= 15 is 0 Å². The smallest absolute Gasteiger partial charge is 0.133 e. The van der Waals surface area contributed by atoms with Crippen LogP contribution in [-0.4, -0.2) is 20.3 Å². The van der Waals surface area contributed by atoms with Gasteiger partial charge in [-0.1, -0.05) is 13.8 Å². The van der Waals surface area contributed by atoms with Crippen LogP contribution >= 0.6 is 0 Å². The first-order valence-electron chi connectivity index (χ1n) is 5.17. The molecule has 0 amide bonds. The van der Waals surface area contributed by atoms with Crippen LogP contribution in [0.25, 0.3) is 0 Å². The van der Waals surface area contributed by atoms with E-state index < -0.39 is 11.6 Å². The quantitative estimate of drug-likeness (QED) is 0.723. The fraction of sp³-hybridized carbons (Fsp3) is 0.500. The van der Waals surface area contributed by atoms with E-state index in [9.17, 15) is 8.78 Å². The molecule has 0 aliphatic rings. The normalized spacial score (nSPS) is 10.9. The van der Waals surface area contributed by atoms with Crippen LogP contribution < -0.4 is 4.74 Å².